The second kappa shape index (κ2) is 10.5. The van der Waals surface area contributed by atoms with Crippen LogP contribution in [0.4, 0.5) is 14.5 Å². The first kappa shape index (κ1) is 22.2. The first-order chi connectivity index (χ1) is 14.9. The van der Waals surface area contributed by atoms with E-state index in [1.54, 1.807) is 43.3 Å². The van der Waals surface area contributed by atoms with E-state index in [2.05, 4.69) is 10.6 Å². The fraction of sp³-hybridized carbons (Fsp3) is 0.217. The van der Waals surface area contributed by atoms with Crippen LogP contribution in [0.5, 0.6) is 0 Å². The molecule has 0 aliphatic heterocycles. The molecule has 1 aromatic heterocycles. The van der Waals surface area contributed by atoms with Gasteiger partial charge in [-0.05, 0) is 48.9 Å². The van der Waals surface area contributed by atoms with Crippen LogP contribution in [0.2, 0.25) is 0 Å². The van der Waals surface area contributed by atoms with Gasteiger partial charge in [-0.3, -0.25) is 9.59 Å². The highest BCUT2D eigenvalue weighted by atomic mass is 19.2. The van der Waals surface area contributed by atoms with Crippen LogP contribution in [0.15, 0.2) is 71.3 Å². The van der Waals surface area contributed by atoms with E-state index in [0.29, 0.717) is 17.0 Å². The average Bonchev–Trinajstić information content (AvgIpc) is 3.27. The number of anilines is 1. The van der Waals surface area contributed by atoms with Crippen molar-refractivity contribution >= 4 is 17.5 Å². The fourth-order valence-electron chi connectivity index (χ4n) is 2.97. The van der Waals surface area contributed by atoms with Crippen LogP contribution >= 0.6 is 0 Å². The van der Waals surface area contributed by atoms with Gasteiger partial charge >= 0.3 is 0 Å². The van der Waals surface area contributed by atoms with Gasteiger partial charge in [-0.2, -0.15) is 0 Å². The Bertz CT molecular complexity index is 1010. The number of hydrogen-bond acceptors (Lipinski definition) is 4. The van der Waals surface area contributed by atoms with Crippen molar-refractivity contribution in [1.29, 1.82) is 0 Å². The molecule has 2 amide bonds. The van der Waals surface area contributed by atoms with E-state index in [9.17, 15) is 18.4 Å². The average molecular weight is 427 g/mol. The van der Waals surface area contributed by atoms with Crippen LogP contribution in [0, 0.1) is 11.6 Å². The minimum atomic E-state index is -0.950. The molecule has 0 saturated carbocycles. The summed E-state index contributed by atoms with van der Waals surface area (Å²) >= 11 is 0. The lowest BCUT2D eigenvalue weighted by atomic mass is 10.1. The van der Waals surface area contributed by atoms with Gasteiger partial charge in [-0.15, -0.1) is 0 Å². The van der Waals surface area contributed by atoms with Crippen molar-refractivity contribution in [3.63, 3.8) is 0 Å². The van der Waals surface area contributed by atoms with E-state index >= 15 is 0 Å². The number of amides is 2. The molecule has 0 saturated heterocycles. The molecule has 3 rings (SSSR count). The van der Waals surface area contributed by atoms with Crippen molar-refractivity contribution in [2.45, 2.75) is 19.5 Å². The Morgan fingerprint density at radius 2 is 1.81 bits per heavy atom. The maximum Gasteiger partial charge on any atom is 0.244 e. The van der Waals surface area contributed by atoms with Crippen LogP contribution in [0.1, 0.15) is 24.3 Å². The molecule has 8 heteroatoms. The lowest BCUT2D eigenvalue weighted by Crippen LogP contribution is -2.42. The number of halogens is 2. The molecule has 6 nitrogen and oxygen atoms in total. The zero-order chi connectivity index (χ0) is 22.2. The molecular formula is C23H23F2N3O3. The zero-order valence-corrected chi connectivity index (χ0v) is 17.0. The van der Waals surface area contributed by atoms with Crippen LogP contribution in [-0.4, -0.2) is 29.8 Å². The standard InChI is InChI=1S/C23H23F2N3O3/c1-16(17-9-10-20(24)21(25)12-17)26-13-23(30)28(14-19-8-5-11-31-19)15-22(29)27-18-6-3-2-4-7-18/h2-12,16,26H,13-15H2,1H3,(H,27,29)/t16-/m1/s1. The summed E-state index contributed by atoms with van der Waals surface area (Å²) in [5.74, 6) is -2.03. The minimum Gasteiger partial charge on any atom is -0.467 e. The van der Waals surface area contributed by atoms with E-state index in [0.717, 1.165) is 12.1 Å². The Hall–Kier alpha value is -3.52. The van der Waals surface area contributed by atoms with E-state index < -0.39 is 17.7 Å². The van der Waals surface area contributed by atoms with Gasteiger partial charge in [0.1, 0.15) is 12.3 Å². The highest BCUT2D eigenvalue weighted by Gasteiger charge is 2.20. The van der Waals surface area contributed by atoms with Crippen molar-refractivity contribution in [3.05, 3.63) is 89.9 Å². The topological polar surface area (TPSA) is 74.6 Å². The summed E-state index contributed by atoms with van der Waals surface area (Å²) < 4.78 is 31.9. The highest BCUT2D eigenvalue weighted by molar-refractivity contribution is 5.94. The molecule has 0 fully saturated rings. The number of nitrogens with zero attached hydrogens (tertiary/aromatic N) is 1. The molecule has 0 radical (unpaired) electrons. The molecule has 3 aromatic rings. The zero-order valence-electron chi connectivity index (χ0n) is 17.0. The number of para-hydroxylation sites is 1. The van der Waals surface area contributed by atoms with Crippen molar-refractivity contribution in [2.75, 3.05) is 18.4 Å². The van der Waals surface area contributed by atoms with E-state index in [1.807, 2.05) is 6.07 Å². The predicted octanol–water partition coefficient (Wildman–Crippen LogP) is 3.88. The van der Waals surface area contributed by atoms with Gasteiger partial charge in [0.15, 0.2) is 11.6 Å². The van der Waals surface area contributed by atoms with Gasteiger partial charge in [0.2, 0.25) is 11.8 Å². The summed E-state index contributed by atoms with van der Waals surface area (Å²) in [6.45, 7) is 1.59. The molecule has 1 atom stereocenters. The predicted molar refractivity (Wildman–Crippen MR) is 112 cm³/mol. The maximum atomic E-state index is 13.5. The number of furan rings is 1. The van der Waals surface area contributed by atoms with E-state index in [1.165, 1.54) is 17.2 Å². The molecule has 0 spiro atoms. The van der Waals surface area contributed by atoms with Gasteiger partial charge in [-0.1, -0.05) is 24.3 Å². The molecule has 2 aromatic carbocycles. The summed E-state index contributed by atoms with van der Waals surface area (Å²) in [4.78, 5) is 26.6. The first-order valence-electron chi connectivity index (χ1n) is 9.76. The number of carbonyl (C=O) groups is 2. The molecule has 0 bridgehead atoms. The molecular weight excluding hydrogens is 404 g/mol. The summed E-state index contributed by atoms with van der Waals surface area (Å²) in [7, 11) is 0. The number of rotatable bonds is 9. The molecule has 2 N–H and O–H groups in total. The lowest BCUT2D eigenvalue weighted by Gasteiger charge is -2.23. The minimum absolute atomic E-state index is 0.0977. The quantitative estimate of drug-likeness (QED) is 0.544. The Labute approximate surface area is 178 Å². The van der Waals surface area contributed by atoms with Crippen molar-refractivity contribution < 1.29 is 22.8 Å². The Morgan fingerprint density at radius 1 is 1.03 bits per heavy atom. The van der Waals surface area contributed by atoms with Crippen molar-refractivity contribution in [3.8, 4) is 0 Å². The normalized spacial score (nSPS) is 11.7. The summed E-state index contributed by atoms with van der Waals surface area (Å²) in [5.41, 5.74) is 1.13. The molecule has 31 heavy (non-hydrogen) atoms. The fourth-order valence-corrected chi connectivity index (χ4v) is 2.97. The second-order valence-electron chi connectivity index (χ2n) is 7.02. The summed E-state index contributed by atoms with van der Waals surface area (Å²) in [6.07, 6.45) is 1.49. The third-order valence-corrected chi connectivity index (χ3v) is 4.67. The van der Waals surface area contributed by atoms with Crippen LogP contribution in [0.3, 0.4) is 0 Å². The highest BCUT2D eigenvalue weighted by Crippen LogP contribution is 2.16. The monoisotopic (exact) mass is 427 g/mol. The van der Waals surface area contributed by atoms with Crippen LogP contribution < -0.4 is 10.6 Å². The number of benzene rings is 2. The number of hydrogen-bond donors (Lipinski definition) is 2. The number of nitrogens with one attached hydrogen (secondary N) is 2. The largest absolute Gasteiger partial charge is 0.467 e. The van der Waals surface area contributed by atoms with Gasteiger partial charge in [0.25, 0.3) is 0 Å². The van der Waals surface area contributed by atoms with Gasteiger partial charge in [0.05, 0.1) is 19.4 Å². The van der Waals surface area contributed by atoms with Crippen LogP contribution in [0.25, 0.3) is 0 Å². The van der Waals surface area contributed by atoms with Gasteiger partial charge in [0, 0.05) is 11.7 Å². The summed E-state index contributed by atoms with van der Waals surface area (Å²) in [6, 6.07) is 15.5. The van der Waals surface area contributed by atoms with Crippen LogP contribution in [-0.2, 0) is 16.1 Å². The van der Waals surface area contributed by atoms with Gasteiger partial charge < -0.3 is 20.0 Å². The molecule has 1 heterocycles. The Balaban J connectivity index is 1.62. The summed E-state index contributed by atoms with van der Waals surface area (Å²) in [5, 5.41) is 5.73. The van der Waals surface area contributed by atoms with Crippen molar-refractivity contribution in [1.82, 2.24) is 10.2 Å². The van der Waals surface area contributed by atoms with E-state index in [4.69, 9.17) is 4.42 Å². The smallest absolute Gasteiger partial charge is 0.244 e. The SMILES string of the molecule is C[C@@H](NCC(=O)N(CC(=O)Nc1ccccc1)Cc1ccco1)c1ccc(F)c(F)c1. The third-order valence-electron chi connectivity index (χ3n) is 4.67. The number of carbonyl (C=O) groups excluding carboxylic acids is 2. The maximum absolute atomic E-state index is 13.5. The molecule has 0 aliphatic rings. The Morgan fingerprint density at radius 3 is 2.48 bits per heavy atom. The Kier molecular flexibility index (Phi) is 7.50. The molecule has 0 unspecified atom stereocenters. The lowest BCUT2D eigenvalue weighted by molar-refractivity contribution is -0.134. The van der Waals surface area contributed by atoms with E-state index in [-0.39, 0.29) is 31.4 Å². The third kappa shape index (κ3) is 6.48. The van der Waals surface area contributed by atoms with Crippen molar-refractivity contribution in [2.24, 2.45) is 0 Å². The second-order valence-corrected chi connectivity index (χ2v) is 7.02. The molecule has 162 valence electrons. The van der Waals surface area contributed by atoms with Gasteiger partial charge in [-0.25, -0.2) is 8.78 Å². The first-order valence-corrected chi connectivity index (χ1v) is 9.76. The molecule has 0 aliphatic carbocycles.